The molecule has 0 saturated carbocycles. The van der Waals surface area contributed by atoms with Crippen molar-refractivity contribution >= 4 is 11.8 Å². The molecule has 1 rings (SSSR count). The molecule has 0 spiro atoms. The van der Waals surface area contributed by atoms with Crippen molar-refractivity contribution < 1.29 is 19.1 Å². The molecular formula is C15H18O4. The Labute approximate surface area is 113 Å². The normalized spacial score (nSPS) is 10.9. The maximum absolute atomic E-state index is 12.1. The molecule has 0 amide bonds. The van der Waals surface area contributed by atoms with Crippen molar-refractivity contribution in [2.75, 3.05) is 13.2 Å². The molecule has 1 aromatic carbocycles. The minimum absolute atomic E-state index is 0.0486. The van der Waals surface area contributed by atoms with Gasteiger partial charge in [0.25, 0.3) is 0 Å². The number of ketones is 1. The van der Waals surface area contributed by atoms with Crippen LogP contribution in [0.5, 0.6) is 0 Å². The number of hydrogen-bond acceptors (Lipinski definition) is 4. The molecule has 0 aliphatic rings. The Morgan fingerprint density at radius 2 is 1.79 bits per heavy atom. The van der Waals surface area contributed by atoms with Gasteiger partial charge in [-0.15, -0.1) is 0 Å². The van der Waals surface area contributed by atoms with Crippen LogP contribution in [0.15, 0.2) is 42.2 Å². The van der Waals surface area contributed by atoms with Gasteiger partial charge in [0.15, 0.2) is 5.78 Å². The zero-order valence-electron chi connectivity index (χ0n) is 11.2. The first kappa shape index (κ1) is 15.0. The quantitative estimate of drug-likeness (QED) is 0.249. The van der Waals surface area contributed by atoms with E-state index in [4.69, 9.17) is 9.47 Å². The molecule has 0 radical (unpaired) electrons. The van der Waals surface area contributed by atoms with E-state index in [1.54, 1.807) is 13.8 Å². The van der Waals surface area contributed by atoms with Gasteiger partial charge in [0.2, 0.25) is 0 Å². The van der Waals surface area contributed by atoms with Gasteiger partial charge in [-0.05, 0) is 19.4 Å². The third-order valence-electron chi connectivity index (χ3n) is 2.37. The third kappa shape index (κ3) is 4.95. The largest absolute Gasteiger partial charge is 0.500 e. The van der Waals surface area contributed by atoms with Crippen LogP contribution >= 0.6 is 0 Å². The van der Waals surface area contributed by atoms with Crippen molar-refractivity contribution in [3.8, 4) is 0 Å². The number of carbonyl (C=O) groups is 2. The first-order valence-electron chi connectivity index (χ1n) is 6.25. The van der Waals surface area contributed by atoms with Crippen LogP contribution < -0.4 is 0 Å². The molecule has 0 aromatic heterocycles. The maximum Gasteiger partial charge on any atom is 0.344 e. The second-order valence-corrected chi connectivity index (χ2v) is 3.79. The SMILES string of the molecule is CCO/C=C(\C(=O)Cc1ccccc1)C(=O)OCC. The van der Waals surface area contributed by atoms with E-state index in [1.165, 1.54) is 6.26 Å². The van der Waals surface area contributed by atoms with Crippen molar-refractivity contribution in [1.29, 1.82) is 0 Å². The predicted octanol–water partition coefficient (Wildman–Crippen LogP) is 2.28. The Kier molecular flexibility index (Phi) is 6.36. The Hall–Kier alpha value is -2.10. The fourth-order valence-electron chi connectivity index (χ4n) is 1.48. The van der Waals surface area contributed by atoms with Gasteiger partial charge in [-0.1, -0.05) is 30.3 Å². The second-order valence-electron chi connectivity index (χ2n) is 3.79. The fourth-order valence-corrected chi connectivity index (χ4v) is 1.48. The molecular weight excluding hydrogens is 244 g/mol. The molecule has 0 atom stereocenters. The van der Waals surface area contributed by atoms with E-state index < -0.39 is 5.97 Å². The molecule has 0 aliphatic heterocycles. The number of rotatable bonds is 7. The highest BCUT2D eigenvalue weighted by molar-refractivity contribution is 6.17. The van der Waals surface area contributed by atoms with Gasteiger partial charge in [-0.25, -0.2) is 4.79 Å². The molecule has 0 N–H and O–H groups in total. The average Bonchev–Trinajstić information content (AvgIpc) is 2.40. The summed E-state index contributed by atoms with van der Waals surface area (Å²) in [4.78, 5) is 23.8. The third-order valence-corrected chi connectivity index (χ3v) is 2.37. The van der Waals surface area contributed by atoms with E-state index >= 15 is 0 Å². The summed E-state index contributed by atoms with van der Waals surface area (Å²) < 4.78 is 9.89. The van der Waals surface area contributed by atoms with Gasteiger partial charge in [0.1, 0.15) is 11.8 Å². The Morgan fingerprint density at radius 1 is 1.11 bits per heavy atom. The fraction of sp³-hybridized carbons (Fsp3) is 0.333. The highest BCUT2D eigenvalue weighted by Crippen LogP contribution is 2.08. The zero-order chi connectivity index (χ0) is 14.1. The molecule has 0 heterocycles. The summed E-state index contributed by atoms with van der Waals surface area (Å²) in [5.74, 6) is -0.949. The number of esters is 1. The molecule has 1 aromatic rings. The lowest BCUT2D eigenvalue weighted by Gasteiger charge is -2.06. The monoisotopic (exact) mass is 262 g/mol. The van der Waals surface area contributed by atoms with E-state index in [1.807, 2.05) is 30.3 Å². The van der Waals surface area contributed by atoms with Crippen molar-refractivity contribution in [3.05, 3.63) is 47.7 Å². The average molecular weight is 262 g/mol. The van der Waals surface area contributed by atoms with Gasteiger partial charge >= 0.3 is 5.97 Å². The molecule has 4 nitrogen and oxygen atoms in total. The first-order valence-corrected chi connectivity index (χ1v) is 6.25. The van der Waals surface area contributed by atoms with Gasteiger partial charge < -0.3 is 9.47 Å². The minimum Gasteiger partial charge on any atom is -0.500 e. The molecule has 0 unspecified atom stereocenters. The second kappa shape index (κ2) is 8.08. The van der Waals surface area contributed by atoms with Crippen LogP contribution in [0.3, 0.4) is 0 Å². The molecule has 19 heavy (non-hydrogen) atoms. The molecule has 0 saturated heterocycles. The zero-order valence-corrected chi connectivity index (χ0v) is 11.2. The van der Waals surface area contributed by atoms with Gasteiger partial charge in [0.05, 0.1) is 13.2 Å². The summed E-state index contributed by atoms with van der Waals surface area (Å²) in [6, 6.07) is 9.23. The number of hydrogen-bond donors (Lipinski definition) is 0. The number of carbonyl (C=O) groups excluding carboxylic acids is 2. The highest BCUT2D eigenvalue weighted by atomic mass is 16.5. The van der Waals surface area contributed by atoms with E-state index in [-0.39, 0.29) is 24.4 Å². The number of Topliss-reactive ketones (excluding diaryl/α,β-unsaturated/α-hetero) is 1. The lowest BCUT2D eigenvalue weighted by molar-refractivity contribution is -0.140. The first-order chi connectivity index (χ1) is 9.19. The van der Waals surface area contributed by atoms with E-state index in [2.05, 4.69) is 0 Å². The summed E-state index contributed by atoms with van der Waals surface area (Å²) in [7, 11) is 0. The molecule has 0 bridgehead atoms. The van der Waals surface area contributed by atoms with Crippen LogP contribution in [-0.2, 0) is 25.5 Å². The number of ether oxygens (including phenoxy) is 2. The van der Waals surface area contributed by atoms with Crippen molar-refractivity contribution in [2.45, 2.75) is 20.3 Å². The number of benzene rings is 1. The Morgan fingerprint density at radius 3 is 2.37 bits per heavy atom. The Bertz CT molecular complexity index is 448. The summed E-state index contributed by atoms with van der Waals surface area (Å²) in [6.45, 7) is 4.08. The van der Waals surface area contributed by atoms with Gasteiger partial charge in [0, 0.05) is 6.42 Å². The summed E-state index contributed by atoms with van der Waals surface area (Å²) >= 11 is 0. The van der Waals surface area contributed by atoms with Crippen LogP contribution in [0.2, 0.25) is 0 Å². The van der Waals surface area contributed by atoms with Crippen molar-refractivity contribution in [2.24, 2.45) is 0 Å². The minimum atomic E-state index is -0.642. The molecule has 0 aliphatic carbocycles. The Balaban J connectivity index is 2.80. The molecule has 4 heteroatoms. The summed E-state index contributed by atoms with van der Waals surface area (Å²) in [5.41, 5.74) is 0.798. The van der Waals surface area contributed by atoms with Crippen LogP contribution in [0.4, 0.5) is 0 Å². The van der Waals surface area contributed by atoms with E-state index in [0.29, 0.717) is 6.61 Å². The molecule has 0 fully saturated rings. The van der Waals surface area contributed by atoms with Crippen LogP contribution in [0.1, 0.15) is 19.4 Å². The van der Waals surface area contributed by atoms with E-state index in [0.717, 1.165) is 5.56 Å². The van der Waals surface area contributed by atoms with Crippen LogP contribution in [-0.4, -0.2) is 25.0 Å². The van der Waals surface area contributed by atoms with Crippen LogP contribution in [0, 0.1) is 0 Å². The summed E-state index contributed by atoms with van der Waals surface area (Å²) in [6.07, 6.45) is 1.34. The predicted molar refractivity (Wildman–Crippen MR) is 71.5 cm³/mol. The van der Waals surface area contributed by atoms with Gasteiger partial charge in [-0.3, -0.25) is 4.79 Å². The maximum atomic E-state index is 12.1. The lowest BCUT2D eigenvalue weighted by atomic mass is 10.0. The topological polar surface area (TPSA) is 52.6 Å². The highest BCUT2D eigenvalue weighted by Gasteiger charge is 2.20. The molecule has 102 valence electrons. The smallest absolute Gasteiger partial charge is 0.344 e. The summed E-state index contributed by atoms with van der Waals surface area (Å²) in [5, 5.41) is 0. The van der Waals surface area contributed by atoms with Crippen molar-refractivity contribution in [3.63, 3.8) is 0 Å². The van der Waals surface area contributed by atoms with E-state index in [9.17, 15) is 9.59 Å². The standard InChI is InChI=1S/C15H18O4/c1-3-18-11-13(15(17)19-4-2)14(16)10-12-8-6-5-7-9-12/h5-9,11H,3-4,10H2,1-2H3/b13-11+. The van der Waals surface area contributed by atoms with Gasteiger partial charge in [-0.2, -0.15) is 0 Å². The van der Waals surface area contributed by atoms with Crippen molar-refractivity contribution in [1.82, 2.24) is 0 Å². The van der Waals surface area contributed by atoms with Crippen LogP contribution in [0.25, 0.3) is 0 Å². The lowest BCUT2D eigenvalue weighted by Crippen LogP contribution is -2.18.